The summed E-state index contributed by atoms with van der Waals surface area (Å²) in [7, 11) is 1.77. The van der Waals surface area contributed by atoms with E-state index in [1.165, 1.54) is 0 Å². The Morgan fingerprint density at radius 1 is 1.58 bits per heavy atom. The van der Waals surface area contributed by atoms with Crippen LogP contribution in [0.1, 0.15) is 19.5 Å². The van der Waals surface area contributed by atoms with Crippen LogP contribution in [0.15, 0.2) is 4.60 Å². The van der Waals surface area contributed by atoms with E-state index in [1.54, 1.807) is 11.7 Å². The lowest BCUT2D eigenvalue weighted by Crippen LogP contribution is -2.19. The van der Waals surface area contributed by atoms with Gasteiger partial charge in [0.2, 0.25) is 0 Å². The summed E-state index contributed by atoms with van der Waals surface area (Å²) in [5.41, 5.74) is 0.238. The second-order valence-corrected chi connectivity index (χ2v) is 3.84. The highest BCUT2D eigenvalue weighted by molar-refractivity contribution is 9.10. The van der Waals surface area contributed by atoms with Crippen molar-refractivity contribution < 1.29 is 0 Å². The molecule has 0 bridgehead atoms. The molecule has 0 N–H and O–H groups in total. The SMILES string of the molecule is Cn1nnc(Br)c1C(C)(C)C#N. The number of hydrogen-bond donors (Lipinski definition) is 0. The fourth-order valence-electron chi connectivity index (χ4n) is 1.05. The second kappa shape index (κ2) is 2.87. The Balaban J connectivity index is 3.28. The Morgan fingerprint density at radius 3 is 2.50 bits per heavy atom. The van der Waals surface area contributed by atoms with Crippen molar-refractivity contribution in [3.05, 3.63) is 10.3 Å². The monoisotopic (exact) mass is 228 g/mol. The standard InChI is InChI=1S/C7H9BrN4/c1-7(2,4-9)5-6(8)10-11-12(5)3/h1-3H3. The van der Waals surface area contributed by atoms with Gasteiger partial charge in [-0.2, -0.15) is 5.26 Å². The van der Waals surface area contributed by atoms with E-state index < -0.39 is 5.41 Å². The van der Waals surface area contributed by atoms with Gasteiger partial charge < -0.3 is 0 Å². The lowest BCUT2D eigenvalue weighted by Gasteiger charge is -2.14. The number of nitrogens with zero attached hydrogens (tertiary/aromatic N) is 4. The van der Waals surface area contributed by atoms with Gasteiger partial charge in [0, 0.05) is 7.05 Å². The molecule has 0 aliphatic carbocycles. The summed E-state index contributed by atoms with van der Waals surface area (Å²) in [4.78, 5) is 0. The zero-order chi connectivity index (χ0) is 9.35. The molecule has 0 saturated carbocycles. The highest BCUT2D eigenvalue weighted by Gasteiger charge is 2.27. The third-order valence-corrected chi connectivity index (χ3v) is 2.19. The molecule has 1 rings (SSSR count). The molecular formula is C7H9BrN4. The fourth-order valence-corrected chi connectivity index (χ4v) is 1.87. The van der Waals surface area contributed by atoms with Crippen molar-refractivity contribution in [1.82, 2.24) is 15.0 Å². The Labute approximate surface area is 79.3 Å². The molecule has 0 amide bonds. The van der Waals surface area contributed by atoms with Crippen molar-refractivity contribution in [3.8, 4) is 6.07 Å². The van der Waals surface area contributed by atoms with Crippen LogP contribution in [0.3, 0.4) is 0 Å². The summed E-state index contributed by atoms with van der Waals surface area (Å²) in [6.45, 7) is 3.66. The highest BCUT2D eigenvalue weighted by atomic mass is 79.9. The predicted octanol–water partition coefficient (Wildman–Crippen LogP) is 1.38. The maximum Gasteiger partial charge on any atom is 0.153 e. The molecule has 0 aliphatic rings. The molecular weight excluding hydrogens is 220 g/mol. The molecule has 5 heteroatoms. The van der Waals surface area contributed by atoms with Crippen molar-refractivity contribution in [3.63, 3.8) is 0 Å². The van der Waals surface area contributed by atoms with Crippen molar-refractivity contribution in [2.75, 3.05) is 0 Å². The van der Waals surface area contributed by atoms with E-state index in [0.717, 1.165) is 5.69 Å². The molecule has 12 heavy (non-hydrogen) atoms. The summed E-state index contributed by atoms with van der Waals surface area (Å²) in [6.07, 6.45) is 0. The zero-order valence-electron chi connectivity index (χ0n) is 7.17. The molecule has 1 aromatic rings. The minimum absolute atomic E-state index is 0.558. The first-order valence-electron chi connectivity index (χ1n) is 3.46. The molecule has 0 atom stereocenters. The van der Waals surface area contributed by atoms with Crippen molar-refractivity contribution in [2.45, 2.75) is 19.3 Å². The van der Waals surface area contributed by atoms with E-state index in [-0.39, 0.29) is 0 Å². The molecule has 1 heterocycles. The van der Waals surface area contributed by atoms with Gasteiger partial charge in [0.1, 0.15) is 0 Å². The Bertz CT molecular complexity index is 314. The van der Waals surface area contributed by atoms with Gasteiger partial charge >= 0.3 is 0 Å². The van der Waals surface area contributed by atoms with Gasteiger partial charge in [-0.25, -0.2) is 4.68 Å². The molecule has 0 aromatic carbocycles. The van der Waals surface area contributed by atoms with Crippen LogP contribution in [-0.2, 0) is 12.5 Å². The van der Waals surface area contributed by atoms with Crippen LogP contribution in [0.4, 0.5) is 0 Å². The third-order valence-electron chi connectivity index (χ3n) is 1.66. The van der Waals surface area contributed by atoms with E-state index in [4.69, 9.17) is 5.26 Å². The summed E-state index contributed by atoms with van der Waals surface area (Å²) in [5, 5.41) is 16.5. The van der Waals surface area contributed by atoms with Crippen LogP contribution in [0.25, 0.3) is 0 Å². The summed E-state index contributed by atoms with van der Waals surface area (Å²) in [5.74, 6) is 0. The van der Waals surface area contributed by atoms with E-state index in [0.29, 0.717) is 4.60 Å². The van der Waals surface area contributed by atoms with Crippen LogP contribution in [0, 0.1) is 11.3 Å². The molecule has 0 spiro atoms. The third kappa shape index (κ3) is 1.34. The first kappa shape index (κ1) is 9.20. The molecule has 0 aliphatic heterocycles. The van der Waals surface area contributed by atoms with Crippen LogP contribution in [0.2, 0.25) is 0 Å². The number of hydrogen-bond acceptors (Lipinski definition) is 3. The predicted molar refractivity (Wildman–Crippen MR) is 47.3 cm³/mol. The first-order chi connectivity index (χ1) is 5.49. The number of aromatic nitrogens is 3. The van der Waals surface area contributed by atoms with E-state index in [1.807, 2.05) is 13.8 Å². The van der Waals surface area contributed by atoms with Crippen LogP contribution in [0.5, 0.6) is 0 Å². The molecule has 4 nitrogen and oxygen atoms in total. The average molecular weight is 229 g/mol. The lowest BCUT2D eigenvalue weighted by molar-refractivity contribution is 0.579. The van der Waals surface area contributed by atoms with E-state index in [9.17, 15) is 0 Å². The summed E-state index contributed by atoms with van der Waals surface area (Å²) < 4.78 is 2.24. The molecule has 0 radical (unpaired) electrons. The van der Waals surface area contributed by atoms with Crippen LogP contribution in [-0.4, -0.2) is 15.0 Å². The molecule has 1 aromatic heterocycles. The summed E-state index contributed by atoms with van der Waals surface area (Å²) >= 11 is 3.25. The van der Waals surface area contributed by atoms with Gasteiger partial charge in [-0.15, -0.1) is 5.10 Å². The van der Waals surface area contributed by atoms with Crippen LogP contribution >= 0.6 is 15.9 Å². The quantitative estimate of drug-likeness (QED) is 0.730. The van der Waals surface area contributed by atoms with Gasteiger partial charge in [-0.3, -0.25) is 0 Å². The Morgan fingerprint density at radius 2 is 2.17 bits per heavy atom. The second-order valence-electron chi connectivity index (χ2n) is 3.09. The maximum absolute atomic E-state index is 8.88. The molecule has 0 unspecified atom stereocenters. The number of nitriles is 1. The Kier molecular flexibility index (Phi) is 2.20. The average Bonchev–Trinajstić information content (AvgIpc) is 2.31. The van der Waals surface area contributed by atoms with Gasteiger partial charge in [-0.1, -0.05) is 5.21 Å². The van der Waals surface area contributed by atoms with Crippen molar-refractivity contribution >= 4 is 15.9 Å². The van der Waals surface area contributed by atoms with E-state index in [2.05, 4.69) is 32.3 Å². The van der Waals surface area contributed by atoms with Gasteiger partial charge in [0.25, 0.3) is 0 Å². The van der Waals surface area contributed by atoms with Gasteiger partial charge in [0.05, 0.1) is 17.2 Å². The fraction of sp³-hybridized carbons (Fsp3) is 0.571. The van der Waals surface area contributed by atoms with Crippen LogP contribution < -0.4 is 0 Å². The number of aryl methyl sites for hydroxylation is 1. The highest BCUT2D eigenvalue weighted by Crippen LogP contribution is 2.26. The van der Waals surface area contributed by atoms with Gasteiger partial charge in [-0.05, 0) is 29.8 Å². The minimum Gasteiger partial charge on any atom is -0.250 e. The van der Waals surface area contributed by atoms with Crippen molar-refractivity contribution in [2.24, 2.45) is 7.05 Å². The topological polar surface area (TPSA) is 54.5 Å². The van der Waals surface area contributed by atoms with E-state index >= 15 is 0 Å². The smallest absolute Gasteiger partial charge is 0.153 e. The minimum atomic E-state index is -0.558. The largest absolute Gasteiger partial charge is 0.250 e. The van der Waals surface area contributed by atoms with Crippen molar-refractivity contribution in [1.29, 1.82) is 5.26 Å². The van der Waals surface area contributed by atoms with Gasteiger partial charge in [0.15, 0.2) is 4.60 Å². The Hall–Kier alpha value is -0.890. The molecule has 0 saturated heterocycles. The summed E-state index contributed by atoms with van der Waals surface area (Å²) in [6, 6.07) is 2.19. The molecule has 64 valence electrons. The number of halogens is 1. The lowest BCUT2D eigenvalue weighted by atomic mass is 9.92. The molecule has 0 fully saturated rings. The first-order valence-corrected chi connectivity index (χ1v) is 4.25. The normalized spacial score (nSPS) is 11.2. The number of rotatable bonds is 1. The maximum atomic E-state index is 8.88. The zero-order valence-corrected chi connectivity index (χ0v) is 8.75.